The van der Waals surface area contributed by atoms with E-state index in [-0.39, 0.29) is 30.2 Å². The minimum Gasteiger partial charge on any atom is -0.352 e. The predicted molar refractivity (Wildman–Crippen MR) is 157 cm³/mol. The van der Waals surface area contributed by atoms with Crippen molar-refractivity contribution in [2.45, 2.75) is 32.4 Å². The van der Waals surface area contributed by atoms with Crippen LogP contribution in [-0.4, -0.2) is 32.0 Å². The minimum absolute atomic E-state index is 0.184. The van der Waals surface area contributed by atoms with Crippen LogP contribution in [0.4, 0.5) is 10.1 Å². The number of nitrogens with zero attached hydrogens (tertiary/aromatic N) is 3. The summed E-state index contributed by atoms with van der Waals surface area (Å²) in [5.41, 5.74) is 5.17. The van der Waals surface area contributed by atoms with Crippen molar-refractivity contribution < 1.29 is 9.18 Å². The molecule has 0 radical (unpaired) electrons. The molecule has 0 spiro atoms. The van der Waals surface area contributed by atoms with E-state index in [1.165, 1.54) is 24.3 Å². The van der Waals surface area contributed by atoms with Gasteiger partial charge in [-0.2, -0.15) is 0 Å². The molecule has 2 N–H and O–H groups in total. The van der Waals surface area contributed by atoms with Crippen LogP contribution < -0.4 is 10.6 Å². The van der Waals surface area contributed by atoms with E-state index >= 15 is 0 Å². The first-order valence-corrected chi connectivity index (χ1v) is 13.6. The molecular formula is C29H26Cl2FN5OS. The van der Waals surface area contributed by atoms with Crippen LogP contribution in [0.5, 0.6) is 0 Å². The second-order valence-electron chi connectivity index (χ2n) is 9.36. The van der Waals surface area contributed by atoms with Gasteiger partial charge in [0.05, 0.1) is 33.5 Å². The molecular weight excluding hydrogens is 556 g/mol. The van der Waals surface area contributed by atoms with Crippen molar-refractivity contribution in [2.24, 2.45) is 0 Å². The lowest BCUT2D eigenvalue weighted by Crippen LogP contribution is -2.32. The van der Waals surface area contributed by atoms with E-state index in [0.29, 0.717) is 27.4 Å². The Hall–Kier alpha value is -3.46. The number of carbonyl (C=O) groups is 1. The predicted octanol–water partition coefficient (Wildman–Crippen LogP) is 6.94. The van der Waals surface area contributed by atoms with Gasteiger partial charge in [-0.25, -0.2) is 4.39 Å². The lowest BCUT2D eigenvalue weighted by Gasteiger charge is -2.28. The summed E-state index contributed by atoms with van der Waals surface area (Å²) in [6, 6.07) is 18.7. The summed E-state index contributed by atoms with van der Waals surface area (Å²) in [6.45, 7) is 4.43. The van der Waals surface area contributed by atoms with Crippen LogP contribution in [-0.2, 0) is 4.79 Å². The van der Waals surface area contributed by atoms with E-state index in [1.54, 1.807) is 12.3 Å². The zero-order valence-electron chi connectivity index (χ0n) is 21.3. The quantitative estimate of drug-likeness (QED) is 0.231. The molecule has 10 heteroatoms. The Kier molecular flexibility index (Phi) is 7.88. The highest BCUT2D eigenvalue weighted by atomic mass is 35.5. The van der Waals surface area contributed by atoms with Crippen molar-refractivity contribution in [3.05, 3.63) is 111 Å². The maximum absolute atomic E-state index is 13.3. The van der Waals surface area contributed by atoms with E-state index in [4.69, 9.17) is 35.4 Å². The van der Waals surface area contributed by atoms with Crippen LogP contribution in [0.1, 0.15) is 41.1 Å². The first-order valence-electron chi connectivity index (χ1n) is 12.4. The SMILES string of the molecule is Cc1cc([C@@H]2[C@@H](c3ccccn3)NC(=S)N2CCC(=O)Nc2ccc(F)cc2)c(C)n1-c1cccc(Cl)c1Cl. The Labute approximate surface area is 241 Å². The fourth-order valence-corrected chi connectivity index (χ4v) is 5.80. The Balaban J connectivity index is 1.48. The van der Waals surface area contributed by atoms with Crippen molar-refractivity contribution in [3.63, 3.8) is 0 Å². The van der Waals surface area contributed by atoms with Crippen molar-refractivity contribution in [2.75, 3.05) is 11.9 Å². The van der Waals surface area contributed by atoms with Crippen LogP contribution >= 0.6 is 35.4 Å². The van der Waals surface area contributed by atoms with Gasteiger partial charge in [-0.1, -0.05) is 35.3 Å². The number of aromatic nitrogens is 2. The van der Waals surface area contributed by atoms with Crippen molar-refractivity contribution >= 4 is 52.1 Å². The molecule has 39 heavy (non-hydrogen) atoms. The third kappa shape index (κ3) is 5.50. The van der Waals surface area contributed by atoms with E-state index in [0.717, 1.165) is 28.3 Å². The van der Waals surface area contributed by atoms with Crippen LogP contribution in [0.3, 0.4) is 0 Å². The maximum Gasteiger partial charge on any atom is 0.226 e. The number of benzene rings is 2. The van der Waals surface area contributed by atoms with Gasteiger partial charge < -0.3 is 20.1 Å². The summed E-state index contributed by atoms with van der Waals surface area (Å²) < 4.78 is 15.3. The molecule has 0 aliphatic carbocycles. The molecule has 0 unspecified atom stereocenters. The van der Waals surface area contributed by atoms with Gasteiger partial charge in [0.25, 0.3) is 0 Å². The van der Waals surface area contributed by atoms with Crippen molar-refractivity contribution in [3.8, 4) is 5.69 Å². The molecule has 4 aromatic rings. The lowest BCUT2D eigenvalue weighted by atomic mass is 9.96. The molecule has 2 aromatic heterocycles. The largest absolute Gasteiger partial charge is 0.352 e. The van der Waals surface area contributed by atoms with E-state index in [1.807, 2.05) is 49.1 Å². The van der Waals surface area contributed by atoms with Crippen molar-refractivity contribution in [1.29, 1.82) is 0 Å². The molecule has 1 aliphatic heterocycles. The number of nitrogens with one attached hydrogen (secondary N) is 2. The second-order valence-corrected chi connectivity index (χ2v) is 10.5. The summed E-state index contributed by atoms with van der Waals surface area (Å²) in [4.78, 5) is 19.4. The number of hydrogen-bond acceptors (Lipinski definition) is 3. The number of halogens is 3. The molecule has 2 atom stereocenters. The maximum atomic E-state index is 13.3. The molecule has 200 valence electrons. The zero-order chi connectivity index (χ0) is 27.7. The van der Waals surface area contributed by atoms with Crippen LogP contribution in [0.15, 0.2) is 72.9 Å². The van der Waals surface area contributed by atoms with Gasteiger partial charge in [0, 0.05) is 36.2 Å². The summed E-state index contributed by atoms with van der Waals surface area (Å²) in [5, 5.41) is 7.74. The van der Waals surface area contributed by atoms with E-state index < -0.39 is 0 Å². The molecule has 0 saturated carbocycles. The number of anilines is 1. The van der Waals surface area contributed by atoms with Crippen LogP contribution in [0.2, 0.25) is 10.0 Å². The van der Waals surface area contributed by atoms with Crippen LogP contribution in [0, 0.1) is 19.7 Å². The Bertz CT molecular complexity index is 1530. The highest BCUT2D eigenvalue weighted by Gasteiger charge is 2.41. The first-order chi connectivity index (χ1) is 18.7. The molecule has 1 aliphatic rings. The highest BCUT2D eigenvalue weighted by Crippen LogP contribution is 2.42. The summed E-state index contributed by atoms with van der Waals surface area (Å²) in [6.07, 6.45) is 1.94. The molecule has 1 amide bonds. The lowest BCUT2D eigenvalue weighted by molar-refractivity contribution is -0.116. The number of rotatable bonds is 7. The minimum atomic E-state index is -0.360. The third-order valence-corrected chi connectivity index (χ3v) is 8.03. The molecule has 6 nitrogen and oxygen atoms in total. The van der Waals surface area contributed by atoms with Gasteiger partial charge in [0.1, 0.15) is 5.82 Å². The molecule has 3 heterocycles. The fourth-order valence-electron chi connectivity index (χ4n) is 5.09. The molecule has 2 aromatic carbocycles. The Morgan fingerprint density at radius 3 is 2.59 bits per heavy atom. The number of pyridine rings is 1. The first kappa shape index (κ1) is 27.1. The number of hydrogen-bond donors (Lipinski definition) is 2. The summed E-state index contributed by atoms with van der Waals surface area (Å²) in [5.74, 6) is -0.554. The summed E-state index contributed by atoms with van der Waals surface area (Å²) >= 11 is 18.7. The van der Waals surface area contributed by atoms with Gasteiger partial charge in [0.15, 0.2) is 5.11 Å². The number of thiocarbonyl (C=S) groups is 1. The van der Waals surface area contributed by atoms with Crippen molar-refractivity contribution in [1.82, 2.24) is 19.8 Å². The monoisotopic (exact) mass is 581 g/mol. The van der Waals surface area contributed by atoms with Gasteiger partial charge in [-0.05, 0) is 86.2 Å². The number of carbonyl (C=O) groups excluding carboxylic acids is 1. The molecule has 1 fully saturated rings. The van der Waals surface area contributed by atoms with E-state index in [2.05, 4.69) is 26.3 Å². The highest BCUT2D eigenvalue weighted by molar-refractivity contribution is 7.80. The molecule has 0 bridgehead atoms. The third-order valence-electron chi connectivity index (χ3n) is 6.87. The van der Waals surface area contributed by atoms with Gasteiger partial charge in [0.2, 0.25) is 5.91 Å². The van der Waals surface area contributed by atoms with Crippen LogP contribution in [0.25, 0.3) is 5.69 Å². The second kappa shape index (κ2) is 11.3. The molecule has 1 saturated heterocycles. The topological polar surface area (TPSA) is 62.2 Å². The Morgan fingerprint density at radius 2 is 1.87 bits per heavy atom. The normalized spacial score (nSPS) is 16.8. The number of aryl methyl sites for hydroxylation is 1. The van der Waals surface area contributed by atoms with Gasteiger partial charge >= 0.3 is 0 Å². The van der Waals surface area contributed by atoms with Gasteiger partial charge in [-0.15, -0.1) is 0 Å². The average Bonchev–Trinajstić information content (AvgIpc) is 3.40. The zero-order valence-corrected chi connectivity index (χ0v) is 23.6. The van der Waals surface area contributed by atoms with Gasteiger partial charge in [-0.3, -0.25) is 9.78 Å². The summed E-state index contributed by atoms with van der Waals surface area (Å²) in [7, 11) is 0. The smallest absolute Gasteiger partial charge is 0.226 e. The Morgan fingerprint density at radius 1 is 1.10 bits per heavy atom. The molecule has 5 rings (SSSR count). The standard InChI is InChI=1S/C29H26Cl2FN5OS/c1-17-16-21(18(2)37(17)24-8-5-6-22(30)26(24)31)28-27(23-7-3-4-14-33-23)35-29(39)36(28)15-13-25(38)34-20-11-9-19(32)10-12-20/h3-12,14,16,27-28H,13,15H2,1-2H3,(H,34,38)(H,35,39)/t27-,28-/m1/s1. The fraction of sp³-hybridized carbons (Fsp3) is 0.207. The van der Waals surface area contributed by atoms with E-state index in [9.17, 15) is 9.18 Å². The average molecular weight is 583 g/mol. The number of amides is 1.